The van der Waals surface area contributed by atoms with Crippen LogP contribution in [-0.4, -0.2) is 69.5 Å². The van der Waals surface area contributed by atoms with E-state index >= 15 is 0 Å². The van der Waals surface area contributed by atoms with Crippen molar-refractivity contribution in [3.05, 3.63) is 0 Å². The van der Waals surface area contributed by atoms with Gasteiger partial charge in [-0.15, -0.1) is 0 Å². The molecule has 0 saturated heterocycles. The zero-order chi connectivity index (χ0) is 11.3. The predicted molar refractivity (Wildman–Crippen MR) is 45.2 cm³/mol. The SMILES string of the molecule is CNC(=O)[C@H](O)[C@H](O)[C@H](O)[C@H](O)CO. The number of aliphatic hydroxyl groups is 5. The molecule has 0 aromatic rings. The minimum atomic E-state index is -1.85. The largest absolute Gasteiger partial charge is 0.394 e. The van der Waals surface area contributed by atoms with Gasteiger partial charge in [0.05, 0.1) is 6.61 Å². The Bertz CT molecular complexity index is 187. The number of hydrogen-bond donors (Lipinski definition) is 6. The first kappa shape index (κ1) is 13.3. The molecule has 0 unspecified atom stereocenters. The lowest BCUT2D eigenvalue weighted by Crippen LogP contribution is -2.51. The van der Waals surface area contributed by atoms with Gasteiger partial charge in [-0.2, -0.15) is 0 Å². The molecule has 0 fully saturated rings. The molecular formula is C7H15NO6. The standard InChI is InChI=1S/C7H15NO6/c1-8-7(14)6(13)5(12)4(11)3(10)2-9/h3-6,9-13H,2H2,1H3,(H,8,14)/t3-,4-,5-,6-/m1/s1. The molecule has 7 nitrogen and oxygen atoms in total. The molecule has 6 N–H and O–H groups in total. The summed E-state index contributed by atoms with van der Waals surface area (Å²) < 4.78 is 0. The summed E-state index contributed by atoms with van der Waals surface area (Å²) in [6.45, 7) is -0.779. The molecule has 0 bridgehead atoms. The highest BCUT2D eigenvalue weighted by Gasteiger charge is 2.33. The zero-order valence-electron chi connectivity index (χ0n) is 7.66. The number of likely N-dealkylation sites (N-methyl/N-ethyl adjacent to an activating group) is 1. The first-order chi connectivity index (χ1) is 6.45. The molecule has 0 heterocycles. The van der Waals surface area contributed by atoms with Crippen LogP contribution in [0.1, 0.15) is 0 Å². The van der Waals surface area contributed by atoms with Crippen LogP contribution < -0.4 is 5.32 Å². The van der Waals surface area contributed by atoms with Crippen molar-refractivity contribution in [2.75, 3.05) is 13.7 Å². The average Bonchev–Trinajstić information content (AvgIpc) is 2.23. The first-order valence-electron chi connectivity index (χ1n) is 4.00. The molecule has 0 saturated carbocycles. The van der Waals surface area contributed by atoms with Crippen LogP contribution in [0, 0.1) is 0 Å². The minimum Gasteiger partial charge on any atom is -0.394 e. The second-order valence-electron chi connectivity index (χ2n) is 2.79. The third kappa shape index (κ3) is 3.20. The van der Waals surface area contributed by atoms with Gasteiger partial charge in [-0.25, -0.2) is 0 Å². The van der Waals surface area contributed by atoms with Crippen LogP contribution in [0.5, 0.6) is 0 Å². The van der Waals surface area contributed by atoms with Crippen molar-refractivity contribution in [1.82, 2.24) is 5.32 Å². The molecule has 14 heavy (non-hydrogen) atoms. The number of rotatable bonds is 5. The Hall–Kier alpha value is -0.730. The van der Waals surface area contributed by atoms with E-state index in [1.165, 1.54) is 7.05 Å². The Labute approximate surface area is 80.6 Å². The van der Waals surface area contributed by atoms with Crippen LogP contribution in [-0.2, 0) is 4.79 Å². The Balaban J connectivity index is 4.30. The number of amides is 1. The van der Waals surface area contributed by atoms with Crippen LogP contribution in [0.4, 0.5) is 0 Å². The maximum Gasteiger partial charge on any atom is 0.251 e. The van der Waals surface area contributed by atoms with Crippen molar-refractivity contribution in [3.8, 4) is 0 Å². The summed E-state index contributed by atoms with van der Waals surface area (Å²) in [7, 11) is 1.24. The van der Waals surface area contributed by atoms with Gasteiger partial charge >= 0.3 is 0 Å². The zero-order valence-corrected chi connectivity index (χ0v) is 7.66. The maximum atomic E-state index is 10.8. The number of carbonyl (C=O) groups excluding carboxylic acids is 1. The maximum absolute atomic E-state index is 10.8. The first-order valence-corrected chi connectivity index (χ1v) is 4.00. The van der Waals surface area contributed by atoms with Crippen molar-refractivity contribution < 1.29 is 30.3 Å². The third-order valence-electron chi connectivity index (χ3n) is 1.77. The van der Waals surface area contributed by atoms with E-state index in [0.29, 0.717) is 0 Å². The summed E-state index contributed by atoms with van der Waals surface area (Å²) in [5.74, 6) is -0.887. The smallest absolute Gasteiger partial charge is 0.251 e. The summed E-state index contributed by atoms with van der Waals surface area (Å²) in [6.07, 6.45) is -7.09. The Kier molecular flexibility index (Phi) is 5.58. The molecule has 7 heteroatoms. The van der Waals surface area contributed by atoms with E-state index in [0.717, 1.165) is 0 Å². The van der Waals surface area contributed by atoms with Gasteiger partial charge in [0.15, 0.2) is 6.10 Å². The lowest BCUT2D eigenvalue weighted by atomic mass is 10.0. The highest BCUT2D eigenvalue weighted by Crippen LogP contribution is 2.04. The Morgan fingerprint density at radius 1 is 1.21 bits per heavy atom. The Morgan fingerprint density at radius 3 is 2.07 bits per heavy atom. The molecule has 0 radical (unpaired) electrons. The van der Waals surface area contributed by atoms with Crippen LogP contribution in [0.15, 0.2) is 0 Å². The molecule has 0 aliphatic carbocycles. The molecule has 0 aromatic carbocycles. The quantitative estimate of drug-likeness (QED) is 0.275. The van der Waals surface area contributed by atoms with Crippen LogP contribution >= 0.6 is 0 Å². The lowest BCUT2D eigenvalue weighted by Gasteiger charge is -2.24. The van der Waals surface area contributed by atoms with Gasteiger partial charge in [-0.3, -0.25) is 4.79 Å². The predicted octanol–water partition coefficient (Wildman–Crippen LogP) is -3.83. The number of hydrogen-bond acceptors (Lipinski definition) is 6. The fourth-order valence-corrected chi connectivity index (χ4v) is 0.825. The van der Waals surface area contributed by atoms with Crippen molar-refractivity contribution in [1.29, 1.82) is 0 Å². The summed E-state index contributed by atoms with van der Waals surface area (Å²) >= 11 is 0. The van der Waals surface area contributed by atoms with E-state index in [1.807, 2.05) is 0 Å². The second kappa shape index (κ2) is 5.89. The number of nitrogens with one attached hydrogen (secondary N) is 1. The summed E-state index contributed by atoms with van der Waals surface area (Å²) in [4.78, 5) is 10.8. The van der Waals surface area contributed by atoms with Crippen molar-refractivity contribution in [2.24, 2.45) is 0 Å². The van der Waals surface area contributed by atoms with Gasteiger partial charge in [0.2, 0.25) is 0 Å². The van der Waals surface area contributed by atoms with E-state index in [1.54, 1.807) is 0 Å². The van der Waals surface area contributed by atoms with Crippen LogP contribution in [0.2, 0.25) is 0 Å². The van der Waals surface area contributed by atoms with Gasteiger partial charge in [-0.05, 0) is 0 Å². The van der Waals surface area contributed by atoms with E-state index in [9.17, 15) is 4.79 Å². The molecule has 84 valence electrons. The van der Waals surface area contributed by atoms with Gasteiger partial charge in [0.1, 0.15) is 18.3 Å². The molecule has 0 rings (SSSR count). The molecule has 0 spiro atoms. The van der Waals surface area contributed by atoms with Crippen molar-refractivity contribution >= 4 is 5.91 Å². The van der Waals surface area contributed by atoms with E-state index in [2.05, 4.69) is 5.32 Å². The molecule has 4 atom stereocenters. The molecule has 1 amide bonds. The molecule has 0 aliphatic rings. The van der Waals surface area contributed by atoms with Gasteiger partial charge < -0.3 is 30.8 Å². The highest BCUT2D eigenvalue weighted by molar-refractivity contribution is 5.80. The fourth-order valence-electron chi connectivity index (χ4n) is 0.825. The second-order valence-corrected chi connectivity index (χ2v) is 2.79. The monoisotopic (exact) mass is 209 g/mol. The third-order valence-corrected chi connectivity index (χ3v) is 1.77. The van der Waals surface area contributed by atoms with Gasteiger partial charge in [0.25, 0.3) is 5.91 Å². The summed E-state index contributed by atoms with van der Waals surface area (Å²) in [5.41, 5.74) is 0. The fraction of sp³-hybridized carbons (Fsp3) is 0.857. The lowest BCUT2D eigenvalue weighted by molar-refractivity contribution is -0.148. The molecule has 0 aromatic heterocycles. The normalized spacial score (nSPS) is 19.6. The highest BCUT2D eigenvalue weighted by atomic mass is 16.4. The van der Waals surface area contributed by atoms with E-state index in [4.69, 9.17) is 25.5 Å². The molecule has 0 aliphatic heterocycles. The topological polar surface area (TPSA) is 130 Å². The average molecular weight is 209 g/mol. The van der Waals surface area contributed by atoms with Crippen molar-refractivity contribution in [2.45, 2.75) is 24.4 Å². The molecular weight excluding hydrogens is 194 g/mol. The summed E-state index contributed by atoms with van der Waals surface area (Å²) in [5, 5.41) is 46.7. The van der Waals surface area contributed by atoms with Crippen molar-refractivity contribution in [3.63, 3.8) is 0 Å². The van der Waals surface area contributed by atoms with Gasteiger partial charge in [0, 0.05) is 7.05 Å². The number of aliphatic hydroxyl groups excluding tert-OH is 5. The van der Waals surface area contributed by atoms with Crippen LogP contribution in [0.25, 0.3) is 0 Å². The van der Waals surface area contributed by atoms with E-state index in [-0.39, 0.29) is 0 Å². The summed E-state index contributed by atoms with van der Waals surface area (Å²) in [6, 6.07) is 0. The van der Waals surface area contributed by atoms with Crippen LogP contribution in [0.3, 0.4) is 0 Å². The minimum absolute atomic E-state index is 0.779. The number of carbonyl (C=O) groups is 1. The van der Waals surface area contributed by atoms with E-state index < -0.39 is 36.9 Å². The van der Waals surface area contributed by atoms with Gasteiger partial charge in [-0.1, -0.05) is 0 Å². The Morgan fingerprint density at radius 2 is 1.71 bits per heavy atom.